The van der Waals surface area contributed by atoms with E-state index in [-0.39, 0.29) is 5.97 Å². The van der Waals surface area contributed by atoms with Crippen molar-refractivity contribution in [3.63, 3.8) is 0 Å². The van der Waals surface area contributed by atoms with Crippen LogP contribution in [0.3, 0.4) is 0 Å². The van der Waals surface area contributed by atoms with Gasteiger partial charge in [0, 0.05) is 12.0 Å². The van der Waals surface area contributed by atoms with Crippen molar-refractivity contribution < 1.29 is 18.8 Å². The first kappa shape index (κ1) is 34.9. The van der Waals surface area contributed by atoms with Gasteiger partial charge in [0.25, 0.3) is 0 Å². The number of carbonyl (C=O) groups is 1. The van der Waals surface area contributed by atoms with Crippen LogP contribution in [0.2, 0.25) is 0 Å². The number of hydrogen-bond donors (Lipinski definition) is 0. The Morgan fingerprint density at radius 2 is 1.27 bits per heavy atom. The van der Waals surface area contributed by atoms with Crippen molar-refractivity contribution in [3.05, 3.63) is 65.7 Å². The van der Waals surface area contributed by atoms with E-state index in [0.717, 1.165) is 49.0 Å². The van der Waals surface area contributed by atoms with Gasteiger partial charge in [0.05, 0.1) is 40.3 Å². The van der Waals surface area contributed by atoms with E-state index in [1.54, 1.807) is 0 Å². The normalized spacial score (nSPS) is 11.5. The first-order chi connectivity index (χ1) is 20.0. The number of hydrogen-bond acceptors (Lipinski definition) is 3. The molecule has 0 atom stereocenters. The summed E-state index contributed by atoms with van der Waals surface area (Å²) >= 11 is 0. The molecule has 2 aromatic carbocycles. The summed E-state index contributed by atoms with van der Waals surface area (Å²) in [6.45, 7) is 5.34. The van der Waals surface area contributed by atoms with Crippen LogP contribution >= 0.6 is 0 Å². The van der Waals surface area contributed by atoms with Crippen LogP contribution in [0, 0.1) is 0 Å². The number of aryl methyl sites for hydroxylation is 1. The Hall–Kier alpha value is -2.33. The van der Waals surface area contributed by atoms with Crippen molar-refractivity contribution in [2.24, 2.45) is 0 Å². The molecule has 0 N–H and O–H groups in total. The largest absolute Gasteiger partial charge is 0.494 e. The van der Waals surface area contributed by atoms with Crippen molar-refractivity contribution in [1.82, 2.24) is 0 Å². The highest BCUT2D eigenvalue weighted by atomic mass is 16.5. The van der Waals surface area contributed by atoms with Crippen molar-refractivity contribution in [2.45, 2.75) is 123 Å². The molecule has 0 radical (unpaired) electrons. The third-order valence-electron chi connectivity index (χ3n) is 7.89. The maximum atomic E-state index is 12.1. The minimum absolute atomic E-state index is 0.0869. The summed E-state index contributed by atoms with van der Waals surface area (Å²) in [5, 5.41) is 0. The van der Waals surface area contributed by atoms with Gasteiger partial charge in [0.2, 0.25) is 0 Å². The zero-order valence-electron chi connectivity index (χ0n) is 26.7. The van der Waals surface area contributed by atoms with Gasteiger partial charge >= 0.3 is 5.97 Å². The smallest absolute Gasteiger partial charge is 0.306 e. The number of unbranched alkanes of at least 4 members (excludes halogenated alkanes) is 12. The fourth-order valence-corrected chi connectivity index (χ4v) is 5.42. The summed E-state index contributed by atoms with van der Waals surface area (Å²) in [6, 6.07) is 19.1. The number of benzene rings is 2. The zero-order chi connectivity index (χ0) is 29.4. The summed E-state index contributed by atoms with van der Waals surface area (Å²) in [5.41, 5.74) is 2.70. The Kier molecular flexibility index (Phi) is 19.0. The fraction of sp³-hybridized carbons (Fsp3) is 0.649. The summed E-state index contributed by atoms with van der Waals surface area (Å²) < 4.78 is 12.3. The molecule has 0 spiro atoms. The molecule has 41 heavy (non-hydrogen) atoms. The quantitative estimate of drug-likeness (QED) is 0.0682. The Morgan fingerprint density at radius 3 is 1.95 bits per heavy atom. The Bertz CT molecular complexity index is 911. The monoisotopic (exact) mass is 566 g/mol. The predicted octanol–water partition coefficient (Wildman–Crippen LogP) is 9.69. The number of quaternary nitrogens is 1. The molecule has 0 saturated heterocycles. The lowest BCUT2D eigenvalue weighted by Gasteiger charge is -2.29. The molecular formula is C37H60NO3+. The molecule has 4 heteroatoms. The maximum Gasteiger partial charge on any atom is 0.306 e. The second-order valence-electron chi connectivity index (χ2n) is 12.5. The fourth-order valence-electron chi connectivity index (χ4n) is 5.42. The molecule has 0 bridgehead atoms. The number of esters is 1. The topological polar surface area (TPSA) is 35.5 Å². The van der Waals surface area contributed by atoms with Crippen LogP contribution in [-0.4, -0.2) is 44.3 Å². The molecule has 0 fully saturated rings. The summed E-state index contributed by atoms with van der Waals surface area (Å²) in [7, 11) is 4.43. The number of rotatable bonds is 25. The van der Waals surface area contributed by atoms with Crippen LogP contribution < -0.4 is 4.74 Å². The standard InChI is InChI=1S/C37H60NO3/c1-4-5-6-7-8-9-10-11-12-13-14-16-23-34-26-21-27-36(32-34)40-30-19-20-31-41-37(39)28-22-29-38(2,3)33-35-24-17-15-18-25-35/h15,17-18,21,24-27,32H,4-14,16,19-20,22-23,28-31,33H2,1-3H3/q+1. The molecule has 2 aromatic rings. The highest BCUT2D eigenvalue weighted by Crippen LogP contribution is 2.18. The van der Waals surface area contributed by atoms with E-state index in [2.05, 4.69) is 63.5 Å². The van der Waals surface area contributed by atoms with Crippen LogP contribution in [-0.2, 0) is 22.5 Å². The van der Waals surface area contributed by atoms with Crippen molar-refractivity contribution >= 4 is 5.97 Å². The van der Waals surface area contributed by atoms with Gasteiger partial charge in [-0.05, 0) is 43.4 Å². The van der Waals surface area contributed by atoms with Crippen molar-refractivity contribution in [3.8, 4) is 5.75 Å². The van der Waals surface area contributed by atoms with E-state index in [4.69, 9.17) is 9.47 Å². The van der Waals surface area contributed by atoms with E-state index >= 15 is 0 Å². The predicted molar refractivity (Wildman–Crippen MR) is 173 cm³/mol. The molecule has 0 aliphatic carbocycles. The lowest BCUT2D eigenvalue weighted by molar-refractivity contribution is -0.903. The molecule has 0 heterocycles. The molecule has 0 aliphatic rings. The molecular weight excluding hydrogens is 506 g/mol. The molecule has 0 unspecified atom stereocenters. The van der Waals surface area contributed by atoms with E-state index in [9.17, 15) is 4.79 Å². The molecule has 0 aromatic heterocycles. The Balaban J connectivity index is 1.44. The minimum Gasteiger partial charge on any atom is -0.494 e. The van der Waals surface area contributed by atoms with Gasteiger partial charge in [-0.25, -0.2) is 0 Å². The van der Waals surface area contributed by atoms with Gasteiger partial charge < -0.3 is 14.0 Å². The van der Waals surface area contributed by atoms with Gasteiger partial charge in [0.15, 0.2) is 0 Å². The molecule has 0 saturated carbocycles. The van der Waals surface area contributed by atoms with Crippen molar-refractivity contribution in [2.75, 3.05) is 33.9 Å². The van der Waals surface area contributed by atoms with Gasteiger partial charge in [-0.3, -0.25) is 4.79 Å². The summed E-state index contributed by atoms with van der Waals surface area (Å²) in [6.07, 6.45) is 20.8. The second-order valence-corrected chi connectivity index (χ2v) is 12.5. The van der Waals surface area contributed by atoms with Gasteiger partial charge in [-0.1, -0.05) is 120 Å². The summed E-state index contributed by atoms with van der Waals surface area (Å²) in [4.78, 5) is 12.1. The molecule has 0 amide bonds. The number of carbonyl (C=O) groups excluding carboxylic acids is 1. The third-order valence-corrected chi connectivity index (χ3v) is 7.89. The zero-order valence-corrected chi connectivity index (χ0v) is 26.7. The maximum absolute atomic E-state index is 12.1. The molecule has 230 valence electrons. The van der Waals surface area contributed by atoms with Crippen molar-refractivity contribution in [1.29, 1.82) is 0 Å². The summed E-state index contributed by atoms with van der Waals surface area (Å²) in [5.74, 6) is 0.866. The lowest BCUT2D eigenvalue weighted by Crippen LogP contribution is -2.39. The van der Waals surface area contributed by atoms with Crippen LogP contribution in [0.1, 0.15) is 121 Å². The molecule has 0 aliphatic heterocycles. The van der Waals surface area contributed by atoms with Crippen LogP contribution in [0.25, 0.3) is 0 Å². The Morgan fingerprint density at radius 1 is 0.659 bits per heavy atom. The van der Waals surface area contributed by atoms with Crippen LogP contribution in [0.15, 0.2) is 54.6 Å². The second kappa shape index (κ2) is 22.3. The minimum atomic E-state index is -0.0869. The Labute approximate surface area is 252 Å². The highest BCUT2D eigenvalue weighted by Gasteiger charge is 2.16. The SMILES string of the molecule is CCCCCCCCCCCCCCc1cccc(OCCCCOC(=O)CCC[N+](C)(C)Cc2ccccc2)c1. The van der Waals surface area contributed by atoms with E-state index in [1.165, 1.54) is 88.2 Å². The molecule has 2 rings (SSSR count). The van der Waals surface area contributed by atoms with E-state index < -0.39 is 0 Å². The lowest BCUT2D eigenvalue weighted by atomic mass is 10.0. The average Bonchev–Trinajstić information content (AvgIpc) is 2.96. The van der Waals surface area contributed by atoms with Gasteiger partial charge in [0.1, 0.15) is 12.3 Å². The van der Waals surface area contributed by atoms with E-state index in [0.29, 0.717) is 19.6 Å². The first-order valence-corrected chi connectivity index (χ1v) is 16.7. The highest BCUT2D eigenvalue weighted by molar-refractivity contribution is 5.69. The van der Waals surface area contributed by atoms with E-state index in [1.807, 2.05) is 12.1 Å². The number of nitrogens with zero attached hydrogens (tertiary/aromatic N) is 1. The van der Waals surface area contributed by atoms with Crippen LogP contribution in [0.4, 0.5) is 0 Å². The van der Waals surface area contributed by atoms with Gasteiger partial charge in [-0.15, -0.1) is 0 Å². The van der Waals surface area contributed by atoms with Crippen LogP contribution in [0.5, 0.6) is 5.75 Å². The molecule has 4 nitrogen and oxygen atoms in total. The first-order valence-electron chi connectivity index (χ1n) is 16.7. The van der Waals surface area contributed by atoms with Gasteiger partial charge in [-0.2, -0.15) is 0 Å². The third kappa shape index (κ3) is 18.7. The average molecular weight is 567 g/mol. The number of ether oxygens (including phenoxy) is 2.